The minimum absolute atomic E-state index is 0.0535. The highest BCUT2D eigenvalue weighted by atomic mass is 16.3. The lowest BCUT2D eigenvalue weighted by Crippen LogP contribution is -2.10. The minimum Gasteiger partial charge on any atom is -0.437 e. The lowest BCUT2D eigenvalue weighted by Gasteiger charge is -2.20. The quantitative estimate of drug-likeness (QED) is 0.249. The molecule has 0 N–H and O–H groups in total. The summed E-state index contributed by atoms with van der Waals surface area (Å²) in [6, 6.07) is 19.8. The summed E-state index contributed by atoms with van der Waals surface area (Å²) >= 11 is 0. The zero-order chi connectivity index (χ0) is 31.8. The fourth-order valence-corrected chi connectivity index (χ4v) is 4.71. The smallest absolute Gasteiger partial charge is 0.227 e. The van der Waals surface area contributed by atoms with E-state index < -0.39 is 20.6 Å². The predicted octanol–water partition coefficient (Wildman–Crippen LogP) is 9.09. The third-order valence-corrected chi connectivity index (χ3v) is 6.70. The van der Waals surface area contributed by atoms with Gasteiger partial charge in [-0.05, 0) is 94.9 Å². The first-order valence-electron chi connectivity index (χ1n) is 15.9. The van der Waals surface area contributed by atoms with Crippen LogP contribution in [0.15, 0.2) is 77.3 Å². The number of rotatable bonds is 2. The van der Waals surface area contributed by atoms with E-state index in [0.29, 0.717) is 27.8 Å². The molecular formula is C33H30N2O. The molecule has 36 heavy (non-hydrogen) atoms. The molecule has 0 unspecified atom stereocenters. The SMILES string of the molecule is [2H]C([2H])c1ccc2c(n1)oc1c(-c3cc(-c4cc5ccc(C(C)(C)C)cc5cc4C([2H])([2H])[2H])c(C([2H])([2H])[2H])cn3)cccc12. The van der Waals surface area contributed by atoms with E-state index in [1.807, 2.05) is 30.3 Å². The van der Waals surface area contributed by atoms with Gasteiger partial charge >= 0.3 is 0 Å². The second-order valence-corrected chi connectivity index (χ2v) is 10.2. The van der Waals surface area contributed by atoms with Crippen molar-refractivity contribution in [3.63, 3.8) is 0 Å². The third-order valence-electron chi connectivity index (χ3n) is 6.70. The first-order valence-corrected chi connectivity index (χ1v) is 11.8. The van der Waals surface area contributed by atoms with Crippen molar-refractivity contribution in [2.24, 2.45) is 0 Å². The Morgan fingerprint density at radius 2 is 1.64 bits per heavy atom. The third kappa shape index (κ3) is 3.67. The van der Waals surface area contributed by atoms with E-state index in [-0.39, 0.29) is 33.5 Å². The number of hydrogen-bond donors (Lipinski definition) is 0. The number of aromatic nitrogens is 2. The number of fused-ring (bicyclic) bond motifs is 4. The molecule has 3 aromatic heterocycles. The molecule has 3 aromatic carbocycles. The monoisotopic (exact) mass is 478 g/mol. The zero-order valence-electron chi connectivity index (χ0n) is 28.3. The first-order chi connectivity index (χ1) is 20.5. The fraction of sp³-hybridized carbons (Fsp3) is 0.212. The van der Waals surface area contributed by atoms with Gasteiger partial charge in [0.1, 0.15) is 5.58 Å². The first kappa shape index (κ1) is 15.2. The predicted molar refractivity (Wildman–Crippen MR) is 151 cm³/mol. The van der Waals surface area contributed by atoms with Gasteiger partial charge in [-0.25, -0.2) is 4.98 Å². The molecule has 0 fully saturated rings. The van der Waals surface area contributed by atoms with E-state index in [1.165, 1.54) is 6.20 Å². The number of hydrogen-bond acceptors (Lipinski definition) is 3. The molecule has 0 atom stereocenters. The summed E-state index contributed by atoms with van der Waals surface area (Å²) in [5, 5.41) is 3.01. The Bertz CT molecular complexity index is 2070. The Morgan fingerprint density at radius 1 is 0.778 bits per heavy atom. The van der Waals surface area contributed by atoms with E-state index in [2.05, 4.69) is 30.7 Å². The Balaban J connectivity index is 1.62. The summed E-state index contributed by atoms with van der Waals surface area (Å²) in [5.41, 5.74) is 3.43. The lowest BCUT2D eigenvalue weighted by atomic mass is 9.85. The van der Waals surface area contributed by atoms with Crippen LogP contribution in [0.5, 0.6) is 0 Å². The van der Waals surface area contributed by atoms with Gasteiger partial charge in [-0.1, -0.05) is 57.2 Å². The van der Waals surface area contributed by atoms with Gasteiger partial charge < -0.3 is 4.42 Å². The summed E-state index contributed by atoms with van der Waals surface area (Å²) in [7, 11) is 0. The van der Waals surface area contributed by atoms with Gasteiger partial charge in [0, 0.05) is 39.2 Å². The minimum atomic E-state index is -2.56. The van der Waals surface area contributed by atoms with Crippen molar-refractivity contribution < 1.29 is 15.4 Å². The largest absolute Gasteiger partial charge is 0.437 e. The molecule has 178 valence electrons. The normalized spacial score (nSPS) is 16.2. The summed E-state index contributed by atoms with van der Waals surface area (Å²) in [6.45, 7) is -0.0778. The molecule has 0 aliphatic heterocycles. The number of pyridine rings is 2. The van der Waals surface area contributed by atoms with Gasteiger partial charge in [-0.15, -0.1) is 0 Å². The molecule has 0 amide bonds. The van der Waals surface area contributed by atoms with Crippen LogP contribution >= 0.6 is 0 Å². The zero-order valence-corrected chi connectivity index (χ0v) is 20.3. The topological polar surface area (TPSA) is 38.9 Å². The summed E-state index contributed by atoms with van der Waals surface area (Å²) in [5.74, 6) is 0. The molecule has 0 saturated carbocycles. The van der Waals surface area contributed by atoms with Crippen LogP contribution in [0.1, 0.15) is 54.1 Å². The molecule has 0 bridgehead atoms. The molecule has 0 aliphatic rings. The Labute approximate surface area is 223 Å². The molecule has 0 aliphatic carbocycles. The lowest BCUT2D eigenvalue weighted by molar-refractivity contribution is 0.591. The second kappa shape index (κ2) is 8.03. The van der Waals surface area contributed by atoms with Gasteiger partial charge in [0.15, 0.2) is 0 Å². The van der Waals surface area contributed by atoms with E-state index in [1.54, 1.807) is 36.4 Å². The van der Waals surface area contributed by atoms with Crippen molar-refractivity contribution in [3.8, 4) is 22.4 Å². The summed E-state index contributed by atoms with van der Waals surface area (Å²) in [4.78, 5) is 8.87. The van der Waals surface area contributed by atoms with Crippen LogP contribution < -0.4 is 0 Å². The number of aryl methyl sites for hydroxylation is 3. The maximum Gasteiger partial charge on any atom is 0.227 e. The van der Waals surface area contributed by atoms with Crippen molar-refractivity contribution in [1.29, 1.82) is 0 Å². The average molecular weight is 479 g/mol. The highest BCUT2D eigenvalue weighted by Gasteiger charge is 2.17. The standard InChI is InChI=1S/C33H30N2O/c1-19-14-23-15-24(33(4,5)6)12-11-22(23)16-28(19)29-17-30(34-18-20(29)2)27-9-7-8-25-26-13-10-21(3)35-32(26)36-31(25)27/h7-18H,1-6H3/i1D3,2D3,3D2. The number of furan rings is 1. The molecule has 0 spiro atoms. The Morgan fingerprint density at radius 3 is 2.44 bits per heavy atom. The molecule has 6 rings (SSSR count). The van der Waals surface area contributed by atoms with Crippen LogP contribution in [0.3, 0.4) is 0 Å². The average Bonchev–Trinajstić information content (AvgIpc) is 3.32. The molecule has 3 heteroatoms. The van der Waals surface area contributed by atoms with Crippen LogP contribution in [-0.2, 0) is 5.41 Å². The fourth-order valence-electron chi connectivity index (χ4n) is 4.71. The Hall–Kier alpha value is -3.98. The van der Waals surface area contributed by atoms with Crippen LogP contribution in [-0.4, -0.2) is 9.97 Å². The van der Waals surface area contributed by atoms with Crippen molar-refractivity contribution in [1.82, 2.24) is 9.97 Å². The van der Waals surface area contributed by atoms with E-state index >= 15 is 0 Å². The van der Waals surface area contributed by atoms with Crippen LogP contribution in [0.25, 0.3) is 55.2 Å². The van der Waals surface area contributed by atoms with Gasteiger partial charge in [-0.3, -0.25) is 4.98 Å². The number of para-hydroxylation sites is 1. The molecule has 3 nitrogen and oxygen atoms in total. The van der Waals surface area contributed by atoms with Gasteiger partial charge in [0.2, 0.25) is 5.71 Å². The van der Waals surface area contributed by atoms with Gasteiger partial charge in [0.05, 0.1) is 5.69 Å². The van der Waals surface area contributed by atoms with Crippen molar-refractivity contribution in [2.45, 2.75) is 46.8 Å². The van der Waals surface area contributed by atoms with Crippen LogP contribution in [0.4, 0.5) is 0 Å². The van der Waals surface area contributed by atoms with Crippen molar-refractivity contribution >= 4 is 32.8 Å². The van der Waals surface area contributed by atoms with Gasteiger partial charge in [0.25, 0.3) is 0 Å². The van der Waals surface area contributed by atoms with E-state index in [4.69, 9.17) is 15.4 Å². The Kier molecular flexibility index (Phi) is 3.39. The molecular weight excluding hydrogens is 440 g/mol. The van der Waals surface area contributed by atoms with E-state index in [9.17, 15) is 0 Å². The highest BCUT2D eigenvalue weighted by Crippen LogP contribution is 2.38. The summed E-state index contributed by atoms with van der Waals surface area (Å²) in [6.07, 6.45) is 1.29. The van der Waals surface area contributed by atoms with Crippen molar-refractivity contribution in [2.75, 3.05) is 0 Å². The molecule has 0 saturated heterocycles. The summed E-state index contributed by atoms with van der Waals surface area (Å²) < 4.78 is 71.6. The highest BCUT2D eigenvalue weighted by molar-refractivity contribution is 6.08. The maximum atomic E-state index is 8.40. The van der Waals surface area contributed by atoms with E-state index in [0.717, 1.165) is 21.7 Å². The maximum absolute atomic E-state index is 8.40. The second-order valence-electron chi connectivity index (χ2n) is 10.2. The molecule has 3 heterocycles. The van der Waals surface area contributed by atoms with Crippen molar-refractivity contribution in [3.05, 3.63) is 95.3 Å². The number of nitrogens with zero attached hydrogens (tertiary/aromatic N) is 2. The molecule has 6 aromatic rings. The van der Waals surface area contributed by atoms with Gasteiger partial charge in [-0.2, -0.15) is 0 Å². The molecule has 0 radical (unpaired) electrons. The van der Waals surface area contributed by atoms with Crippen LogP contribution in [0.2, 0.25) is 0 Å². The van der Waals surface area contributed by atoms with Crippen LogP contribution in [0, 0.1) is 20.6 Å². The number of benzene rings is 3.